The molecule has 3 N–H and O–H groups in total. The molecule has 2 heterocycles. The summed E-state index contributed by atoms with van der Waals surface area (Å²) in [4.78, 5) is 48.0. The molecule has 5 rings (SSSR count). The lowest BCUT2D eigenvalue weighted by molar-refractivity contribution is -0.114. The Morgan fingerprint density at radius 2 is 1.69 bits per heavy atom. The van der Waals surface area contributed by atoms with E-state index >= 15 is 0 Å². The van der Waals surface area contributed by atoms with Gasteiger partial charge in [0.15, 0.2) is 5.13 Å². The average Bonchev–Trinajstić information content (AvgIpc) is 3.53. The molecule has 0 aliphatic heterocycles. The lowest BCUT2D eigenvalue weighted by Gasteiger charge is -2.12. The van der Waals surface area contributed by atoms with E-state index in [9.17, 15) is 14.4 Å². The van der Waals surface area contributed by atoms with Crippen LogP contribution in [0, 0.1) is 0 Å². The number of carbonyl (C=O) groups is 3. The molecule has 0 saturated heterocycles. The van der Waals surface area contributed by atoms with E-state index in [1.54, 1.807) is 67.0 Å². The number of hydrogen-bond donors (Lipinski definition) is 3. The summed E-state index contributed by atoms with van der Waals surface area (Å²) >= 11 is 2.73. The minimum Gasteiger partial charge on any atom is -0.494 e. The molecule has 9 nitrogen and oxygen atoms in total. The topological polar surface area (TPSA) is 122 Å². The number of rotatable bonds is 12. The Bertz CT molecular complexity index is 1780. The summed E-state index contributed by atoms with van der Waals surface area (Å²) in [5.74, 6) is -0.0868. The third-order valence-electron chi connectivity index (χ3n) is 6.22. The first-order chi connectivity index (χ1) is 22.0. The molecule has 0 saturated carbocycles. The van der Waals surface area contributed by atoms with Crippen LogP contribution >= 0.6 is 23.1 Å². The number of aromatic nitrogens is 2. The van der Waals surface area contributed by atoms with Crippen LogP contribution in [0.2, 0.25) is 0 Å². The maximum atomic E-state index is 13.2. The standard InChI is InChI=1S/C34H29N5O4S2/c1-2-43-27-14-10-24(11-15-27)30-21-45-34(38-30)39-31(40)22-44-28-16-12-26(13-17-28)36-33(42)29(19-23-7-6-18-35-20-23)37-32(41)25-8-4-3-5-9-25/h3-21H,2,22H2,1H3,(H,36,42)(H,37,41)(H,38,39,40)/b29-19-. The minimum absolute atomic E-state index is 0.0693. The van der Waals surface area contributed by atoms with E-state index in [0.717, 1.165) is 21.9 Å². The maximum absolute atomic E-state index is 13.2. The van der Waals surface area contributed by atoms with Gasteiger partial charge in [-0.15, -0.1) is 23.1 Å². The van der Waals surface area contributed by atoms with E-state index in [4.69, 9.17) is 4.74 Å². The van der Waals surface area contributed by atoms with Crippen molar-refractivity contribution in [2.24, 2.45) is 0 Å². The van der Waals surface area contributed by atoms with Crippen LogP contribution in [0.4, 0.5) is 10.8 Å². The summed E-state index contributed by atoms with van der Waals surface area (Å²) in [6.07, 6.45) is 4.79. The number of ether oxygens (including phenoxy) is 1. The molecule has 0 aliphatic carbocycles. The third kappa shape index (κ3) is 9.12. The summed E-state index contributed by atoms with van der Waals surface area (Å²) in [5.41, 5.74) is 3.41. The van der Waals surface area contributed by atoms with Gasteiger partial charge in [-0.25, -0.2) is 4.98 Å². The van der Waals surface area contributed by atoms with Crippen LogP contribution in [0.5, 0.6) is 5.75 Å². The Kier molecular flexibility index (Phi) is 10.7. The number of nitrogens with one attached hydrogen (secondary N) is 3. The number of thioether (sulfide) groups is 1. The average molecular weight is 636 g/mol. The SMILES string of the molecule is CCOc1ccc(-c2csc(NC(=O)CSc3ccc(NC(=O)/C(=C/c4cccnc4)NC(=O)c4ccccc4)cc3)n2)cc1. The second kappa shape index (κ2) is 15.5. The van der Waals surface area contributed by atoms with Crippen molar-refractivity contribution in [3.8, 4) is 17.0 Å². The molecule has 0 radical (unpaired) electrons. The highest BCUT2D eigenvalue weighted by Crippen LogP contribution is 2.27. The van der Waals surface area contributed by atoms with Crippen LogP contribution in [-0.4, -0.2) is 40.0 Å². The molecule has 0 aliphatic rings. The van der Waals surface area contributed by atoms with Crippen LogP contribution in [0.25, 0.3) is 17.3 Å². The smallest absolute Gasteiger partial charge is 0.272 e. The Morgan fingerprint density at radius 1 is 0.911 bits per heavy atom. The number of amides is 3. The lowest BCUT2D eigenvalue weighted by Crippen LogP contribution is -2.30. The number of carbonyl (C=O) groups excluding carboxylic acids is 3. The van der Waals surface area contributed by atoms with Gasteiger partial charge in [-0.3, -0.25) is 19.4 Å². The molecule has 2 aromatic heterocycles. The van der Waals surface area contributed by atoms with Crippen molar-refractivity contribution < 1.29 is 19.1 Å². The van der Waals surface area contributed by atoms with Crippen LogP contribution in [0.1, 0.15) is 22.8 Å². The second-order valence-electron chi connectivity index (χ2n) is 9.48. The molecule has 0 fully saturated rings. The fourth-order valence-corrected chi connectivity index (χ4v) is 5.49. The van der Waals surface area contributed by atoms with Gasteiger partial charge in [0.2, 0.25) is 5.91 Å². The van der Waals surface area contributed by atoms with Gasteiger partial charge in [-0.1, -0.05) is 24.3 Å². The predicted octanol–water partition coefficient (Wildman–Crippen LogP) is 6.74. The second-order valence-corrected chi connectivity index (χ2v) is 11.4. The lowest BCUT2D eigenvalue weighted by atomic mass is 10.2. The largest absolute Gasteiger partial charge is 0.494 e. The monoisotopic (exact) mass is 635 g/mol. The van der Waals surface area contributed by atoms with Gasteiger partial charge in [0, 0.05) is 39.5 Å². The van der Waals surface area contributed by atoms with Crippen molar-refractivity contribution in [2.45, 2.75) is 11.8 Å². The van der Waals surface area contributed by atoms with Gasteiger partial charge < -0.3 is 20.7 Å². The Balaban J connectivity index is 1.15. The first-order valence-corrected chi connectivity index (χ1v) is 15.8. The van der Waals surface area contributed by atoms with Gasteiger partial charge >= 0.3 is 0 Å². The molecule has 3 aromatic carbocycles. The molecule has 0 bridgehead atoms. The fourth-order valence-electron chi connectivity index (χ4n) is 4.06. The van der Waals surface area contributed by atoms with Crippen LogP contribution in [0.15, 0.2) is 119 Å². The zero-order chi connectivity index (χ0) is 31.4. The molecule has 5 aromatic rings. The molecule has 226 valence electrons. The number of anilines is 2. The van der Waals surface area contributed by atoms with E-state index in [1.807, 2.05) is 54.8 Å². The quantitative estimate of drug-likeness (QED) is 0.102. The highest BCUT2D eigenvalue weighted by molar-refractivity contribution is 8.00. The van der Waals surface area contributed by atoms with Crippen molar-refractivity contribution in [3.05, 3.63) is 126 Å². The fraction of sp³-hybridized carbons (Fsp3) is 0.0882. The van der Waals surface area contributed by atoms with E-state index in [2.05, 4.69) is 25.9 Å². The van der Waals surface area contributed by atoms with Crippen LogP contribution in [-0.2, 0) is 9.59 Å². The normalized spacial score (nSPS) is 11.0. The highest BCUT2D eigenvalue weighted by atomic mass is 32.2. The zero-order valence-corrected chi connectivity index (χ0v) is 25.9. The minimum atomic E-state index is -0.490. The van der Waals surface area contributed by atoms with Gasteiger partial charge in [0.25, 0.3) is 11.8 Å². The van der Waals surface area contributed by atoms with Crippen molar-refractivity contribution in [1.82, 2.24) is 15.3 Å². The van der Waals surface area contributed by atoms with Gasteiger partial charge in [-0.2, -0.15) is 0 Å². The van der Waals surface area contributed by atoms with E-state index in [-0.39, 0.29) is 17.4 Å². The third-order valence-corrected chi connectivity index (χ3v) is 7.99. The number of pyridine rings is 1. The zero-order valence-electron chi connectivity index (χ0n) is 24.2. The Labute approximate surface area is 268 Å². The molecule has 3 amide bonds. The van der Waals surface area contributed by atoms with Gasteiger partial charge in [-0.05, 0) is 85.3 Å². The van der Waals surface area contributed by atoms with Crippen molar-refractivity contribution in [1.29, 1.82) is 0 Å². The first-order valence-electron chi connectivity index (χ1n) is 14.0. The summed E-state index contributed by atoms with van der Waals surface area (Å²) in [6, 6.07) is 27.0. The van der Waals surface area contributed by atoms with E-state index in [0.29, 0.717) is 28.6 Å². The van der Waals surface area contributed by atoms with Crippen LogP contribution in [0.3, 0.4) is 0 Å². The first kappa shape index (κ1) is 31.2. The Hall–Kier alpha value is -5.26. The number of nitrogens with zero attached hydrogens (tertiary/aromatic N) is 2. The molecule has 0 spiro atoms. The molecule has 11 heteroatoms. The molecule has 0 unspecified atom stereocenters. The number of benzene rings is 3. The summed E-state index contributed by atoms with van der Waals surface area (Å²) in [6.45, 7) is 2.54. The highest BCUT2D eigenvalue weighted by Gasteiger charge is 2.15. The van der Waals surface area contributed by atoms with Gasteiger partial charge in [0.05, 0.1) is 18.1 Å². The number of hydrogen-bond acceptors (Lipinski definition) is 8. The van der Waals surface area contributed by atoms with Crippen molar-refractivity contribution in [3.63, 3.8) is 0 Å². The molecular weight excluding hydrogens is 607 g/mol. The van der Waals surface area contributed by atoms with E-state index < -0.39 is 11.8 Å². The molecule has 45 heavy (non-hydrogen) atoms. The molecule has 0 atom stereocenters. The number of thiazole rings is 1. The van der Waals surface area contributed by atoms with E-state index in [1.165, 1.54) is 23.1 Å². The van der Waals surface area contributed by atoms with Gasteiger partial charge in [0.1, 0.15) is 11.4 Å². The van der Waals surface area contributed by atoms with Crippen molar-refractivity contribution in [2.75, 3.05) is 23.0 Å². The van der Waals surface area contributed by atoms with Crippen molar-refractivity contribution >= 4 is 57.7 Å². The predicted molar refractivity (Wildman–Crippen MR) is 179 cm³/mol. The summed E-state index contributed by atoms with van der Waals surface area (Å²) in [7, 11) is 0. The van der Waals surface area contributed by atoms with Crippen LogP contribution < -0.4 is 20.7 Å². The Morgan fingerprint density at radius 3 is 2.40 bits per heavy atom. The summed E-state index contributed by atoms with van der Waals surface area (Å²) < 4.78 is 5.48. The summed E-state index contributed by atoms with van der Waals surface area (Å²) in [5, 5.41) is 10.8. The molecular formula is C34H29N5O4S2. The maximum Gasteiger partial charge on any atom is 0.272 e.